The maximum atomic E-state index is 12.4. The third-order valence-electron chi connectivity index (χ3n) is 4.47. The lowest BCUT2D eigenvalue weighted by molar-refractivity contribution is -0.143. The molecule has 4 nitrogen and oxygen atoms in total. The summed E-state index contributed by atoms with van der Waals surface area (Å²) in [6.45, 7) is 4.72. The highest BCUT2D eigenvalue weighted by Gasteiger charge is 2.43. The molecule has 2 rings (SSSR count). The monoisotopic (exact) mass is 255 g/mol. The van der Waals surface area contributed by atoms with Crippen LogP contribution in [0.5, 0.6) is 0 Å². The number of hydrogen-bond donors (Lipinski definition) is 2. The Morgan fingerprint density at radius 1 is 1.44 bits per heavy atom. The molecule has 0 aromatic heterocycles. The van der Waals surface area contributed by atoms with Gasteiger partial charge in [-0.05, 0) is 38.5 Å². The first-order valence-electron chi connectivity index (χ1n) is 7.07. The van der Waals surface area contributed by atoms with E-state index < -0.39 is 11.1 Å². The Bertz CT molecular complexity index is 312. The Hall–Kier alpha value is -0.610. The zero-order chi connectivity index (χ0) is 13.2. The van der Waals surface area contributed by atoms with Gasteiger partial charge in [0.15, 0.2) is 0 Å². The fraction of sp³-hybridized carbons (Fsp3) is 0.929. The lowest BCUT2D eigenvalue weighted by Gasteiger charge is -2.41. The van der Waals surface area contributed by atoms with E-state index in [4.69, 9.17) is 4.74 Å². The Morgan fingerprint density at radius 3 is 2.78 bits per heavy atom. The molecule has 0 aromatic carbocycles. The average Bonchev–Trinajstić information content (AvgIpc) is 2.77. The van der Waals surface area contributed by atoms with Gasteiger partial charge in [0.25, 0.3) is 5.91 Å². The largest absolute Gasteiger partial charge is 0.394 e. The minimum atomic E-state index is -0.692. The zero-order valence-electron chi connectivity index (χ0n) is 11.5. The minimum Gasteiger partial charge on any atom is -0.394 e. The Kier molecular flexibility index (Phi) is 3.97. The fourth-order valence-corrected chi connectivity index (χ4v) is 3.29. The van der Waals surface area contributed by atoms with Crippen molar-refractivity contribution in [2.45, 2.75) is 63.5 Å². The van der Waals surface area contributed by atoms with Crippen molar-refractivity contribution >= 4 is 5.91 Å². The molecule has 2 N–H and O–H groups in total. The molecule has 18 heavy (non-hydrogen) atoms. The highest BCUT2D eigenvalue weighted by atomic mass is 16.5. The summed E-state index contributed by atoms with van der Waals surface area (Å²) in [4.78, 5) is 12.4. The minimum absolute atomic E-state index is 0.0269. The van der Waals surface area contributed by atoms with Crippen molar-refractivity contribution in [3.8, 4) is 0 Å². The highest BCUT2D eigenvalue weighted by molar-refractivity contribution is 5.85. The predicted octanol–water partition coefficient (Wildman–Crippen LogP) is 1.61. The molecular weight excluding hydrogens is 230 g/mol. The van der Waals surface area contributed by atoms with Crippen LogP contribution < -0.4 is 5.32 Å². The van der Waals surface area contributed by atoms with E-state index in [1.165, 1.54) is 6.42 Å². The van der Waals surface area contributed by atoms with Crippen LogP contribution in [0.15, 0.2) is 0 Å². The van der Waals surface area contributed by atoms with Crippen molar-refractivity contribution in [2.75, 3.05) is 13.2 Å². The third-order valence-corrected chi connectivity index (χ3v) is 4.47. The quantitative estimate of drug-likeness (QED) is 0.805. The topological polar surface area (TPSA) is 58.6 Å². The number of hydrogen-bond acceptors (Lipinski definition) is 3. The van der Waals surface area contributed by atoms with Crippen LogP contribution in [0.25, 0.3) is 0 Å². The average molecular weight is 255 g/mol. The summed E-state index contributed by atoms with van der Waals surface area (Å²) in [5.74, 6) is 0.506. The van der Waals surface area contributed by atoms with E-state index in [1.54, 1.807) is 0 Å². The van der Waals surface area contributed by atoms with Gasteiger partial charge in [0, 0.05) is 6.61 Å². The van der Waals surface area contributed by atoms with Crippen LogP contribution in [0, 0.1) is 5.92 Å². The molecule has 1 heterocycles. The Morgan fingerprint density at radius 2 is 2.22 bits per heavy atom. The van der Waals surface area contributed by atoms with Crippen molar-refractivity contribution in [1.82, 2.24) is 5.32 Å². The molecule has 2 fully saturated rings. The van der Waals surface area contributed by atoms with E-state index in [-0.39, 0.29) is 12.5 Å². The lowest BCUT2D eigenvalue weighted by Crippen LogP contribution is -2.58. The van der Waals surface area contributed by atoms with Crippen LogP contribution in [-0.2, 0) is 9.53 Å². The molecular formula is C14H25NO3. The van der Waals surface area contributed by atoms with Gasteiger partial charge < -0.3 is 15.2 Å². The number of ether oxygens (including phenoxy) is 1. The van der Waals surface area contributed by atoms with Crippen LogP contribution in [0.2, 0.25) is 0 Å². The number of carbonyl (C=O) groups is 1. The number of aliphatic hydroxyl groups is 1. The van der Waals surface area contributed by atoms with Crippen LogP contribution in [0.4, 0.5) is 0 Å². The van der Waals surface area contributed by atoms with Crippen molar-refractivity contribution in [3.63, 3.8) is 0 Å². The summed E-state index contributed by atoms with van der Waals surface area (Å²) >= 11 is 0. The SMILES string of the molecule is CC1CCCC(CO)(NC(=O)C2(C)CCCO2)C1. The highest BCUT2D eigenvalue weighted by Crippen LogP contribution is 2.33. The summed E-state index contributed by atoms with van der Waals surface area (Å²) in [5, 5.41) is 12.8. The van der Waals surface area contributed by atoms with Crippen LogP contribution in [0.1, 0.15) is 52.4 Å². The Labute approximate surface area is 109 Å². The molecule has 104 valence electrons. The molecule has 1 amide bonds. The molecule has 0 spiro atoms. The second-order valence-electron chi connectivity index (χ2n) is 6.28. The Balaban J connectivity index is 2.03. The number of amides is 1. The number of rotatable bonds is 3. The molecule has 1 aliphatic carbocycles. The first kappa shape index (κ1) is 13.8. The van der Waals surface area contributed by atoms with Crippen molar-refractivity contribution in [1.29, 1.82) is 0 Å². The number of nitrogens with one attached hydrogen (secondary N) is 1. The predicted molar refractivity (Wildman–Crippen MR) is 69.2 cm³/mol. The maximum absolute atomic E-state index is 12.4. The van der Waals surface area contributed by atoms with E-state index in [9.17, 15) is 9.90 Å². The van der Waals surface area contributed by atoms with E-state index in [1.807, 2.05) is 6.92 Å². The van der Waals surface area contributed by atoms with Gasteiger partial charge in [0.05, 0.1) is 12.1 Å². The summed E-state index contributed by atoms with van der Waals surface area (Å²) < 4.78 is 5.57. The summed E-state index contributed by atoms with van der Waals surface area (Å²) in [6.07, 6.45) is 5.70. The number of aliphatic hydroxyl groups excluding tert-OH is 1. The van der Waals surface area contributed by atoms with Gasteiger partial charge in [-0.25, -0.2) is 0 Å². The third kappa shape index (κ3) is 2.69. The molecule has 4 heteroatoms. The maximum Gasteiger partial charge on any atom is 0.252 e. The smallest absolute Gasteiger partial charge is 0.252 e. The first-order chi connectivity index (χ1) is 8.50. The van der Waals surface area contributed by atoms with Gasteiger partial charge in [-0.3, -0.25) is 4.79 Å². The second-order valence-corrected chi connectivity index (χ2v) is 6.28. The second kappa shape index (κ2) is 5.17. The molecule has 0 aromatic rings. The summed E-state index contributed by atoms with van der Waals surface area (Å²) in [6, 6.07) is 0. The van der Waals surface area contributed by atoms with E-state index in [2.05, 4.69) is 12.2 Å². The zero-order valence-corrected chi connectivity index (χ0v) is 11.5. The van der Waals surface area contributed by atoms with Gasteiger partial charge in [0.2, 0.25) is 0 Å². The van der Waals surface area contributed by atoms with Gasteiger partial charge >= 0.3 is 0 Å². The normalized spacial score (nSPS) is 40.7. The number of carbonyl (C=O) groups excluding carboxylic acids is 1. The van der Waals surface area contributed by atoms with Gasteiger partial charge in [-0.2, -0.15) is 0 Å². The van der Waals surface area contributed by atoms with Crippen molar-refractivity contribution < 1.29 is 14.6 Å². The first-order valence-corrected chi connectivity index (χ1v) is 7.07. The van der Waals surface area contributed by atoms with Crippen molar-refractivity contribution in [3.05, 3.63) is 0 Å². The lowest BCUT2D eigenvalue weighted by atomic mass is 9.76. The molecule has 2 aliphatic rings. The van der Waals surface area contributed by atoms with Gasteiger partial charge in [0.1, 0.15) is 5.60 Å². The molecule has 1 saturated carbocycles. The molecule has 1 saturated heterocycles. The van der Waals surface area contributed by atoms with Crippen LogP contribution in [-0.4, -0.2) is 35.4 Å². The molecule has 3 atom stereocenters. The van der Waals surface area contributed by atoms with E-state index in [0.717, 1.165) is 32.1 Å². The molecule has 0 radical (unpaired) electrons. The summed E-state index contributed by atoms with van der Waals surface area (Å²) in [7, 11) is 0. The molecule has 3 unspecified atom stereocenters. The van der Waals surface area contributed by atoms with Gasteiger partial charge in [-0.1, -0.05) is 19.8 Å². The standard InChI is InChI=1S/C14H25NO3/c1-11-5-3-7-14(9-11,10-16)15-12(17)13(2)6-4-8-18-13/h11,16H,3-10H2,1-2H3,(H,15,17). The molecule has 1 aliphatic heterocycles. The van der Waals surface area contributed by atoms with Crippen molar-refractivity contribution in [2.24, 2.45) is 5.92 Å². The van der Waals surface area contributed by atoms with E-state index in [0.29, 0.717) is 12.5 Å². The van der Waals surface area contributed by atoms with Gasteiger partial charge in [-0.15, -0.1) is 0 Å². The van der Waals surface area contributed by atoms with Crippen LogP contribution >= 0.6 is 0 Å². The summed E-state index contributed by atoms with van der Waals surface area (Å²) in [5.41, 5.74) is -1.12. The van der Waals surface area contributed by atoms with Crippen LogP contribution in [0.3, 0.4) is 0 Å². The van der Waals surface area contributed by atoms with E-state index >= 15 is 0 Å². The fourth-order valence-electron chi connectivity index (χ4n) is 3.29. The molecule has 0 bridgehead atoms.